The fourth-order valence-corrected chi connectivity index (χ4v) is 2.25. The molecule has 0 radical (unpaired) electrons. The number of hydrogen-bond acceptors (Lipinski definition) is 9. The van der Waals surface area contributed by atoms with Crippen LogP contribution in [0.2, 0.25) is 0 Å². The molecule has 0 amide bonds. The van der Waals surface area contributed by atoms with Gasteiger partial charge in [0.2, 0.25) is 11.5 Å². The molecular formula is C17H23NO8. The molecule has 2 N–H and O–H groups in total. The molecule has 0 heterocycles. The van der Waals surface area contributed by atoms with Gasteiger partial charge in [0.15, 0.2) is 16.8 Å². The number of aromatic hydroxyl groups is 2. The predicted octanol–water partition coefficient (Wildman–Crippen LogP) is 2.85. The van der Waals surface area contributed by atoms with Crippen LogP contribution in [0.15, 0.2) is 11.4 Å². The highest BCUT2D eigenvalue weighted by molar-refractivity contribution is 5.74. The van der Waals surface area contributed by atoms with E-state index in [4.69, 9.17) is 14.2 Å². The van der Waals surface area contributed by atoms with Crippen molar-refractivity contribution >= 4 is 12.0 Å². The number of methoxy groups -OCH3 is 2. The maximum atomic E-state index is 11.6. The molecule has 1 aromatic rings. The van der Waals surface area contributed by atoms with Gasteiger partial charge in [-0.2, -0.15) is 0 Å². The zero-order valence-electron chi connectivity index (χ0n) is 15.0. The zero-order chi connectivity index (χ0) is 19.5. The lowest BCUT2D eigenvalue weighted by molar-refractivity contribution is -0.142. The fourth-order valence-electron chi connectivity index (χ4n) is 2.25. The van der Waals surface area contributed by atoms with E-state index in [9.17, 15) is 19.9 Å². The van der Waals surface area contributed by atoms with Gasteiger partial charge in [0.1, 0.15) is 13.2 Å². The van der Waals surface area contributed by atoms with E-state index in [1.807, 2.05) is 0 Å². The minimum absolute atomic E-state index is 0.000781. The molecule has 0 aliphatic heterocycles. The van der Waals surface area contributed by atoms with Crippen molar-refractivity contribution in [1.29, 1.82) is 0 Å². The number of esters is 1. The van der Waals surface area contributed by atoms with E-state index in [2.05, 4.69) is 10.2 Å². The third-order valence-electron chi connectivity index (χ3n) is 3.60. The number of phenols is 2. The van der Waals surface area contributed by atoms with Crippen molar-refractivity contribution in [1.82, 2.24) is 0 Å². The number of benzene rings is 1. The van der Waals surface area contributed by atoms with Gasteiger partial charge in [-0.3, -0.25) is 4.79 Å². The minimum atomic E-state index is -0.398. The molecular weight excluding hydrogens is 346 g/mol. The standard InChI is InChI=1S/C17H23NO8/c1-11-12(15(21)17(24-3)16(23-2)14(11)20)7-6-9-25-13(19)8-4-5-10-26-18-22/h6-7,20-21H,4-5,8-10H2,1-3H3/b7-6+. The number of rotatable bonds is 11. The van der Waals surface area contributed by atoms with Gasteiger partial charge in [-0.25, -0.2) is 0 Å². The maximum Gasteiger partial charge on any atom is 0.306 e. The molecule has 26 heavy (non-hydrogen) atoms. The second-order valence-corrected chi connectivity index (χ2v) is 5.25. The summed E-state index contributed by atoms with van der Waals surface area (Å²) in [5, 5.41) is 22.7. The summed E-state index contributed by atoms with van der Waals surface area (Å²) in [5.74, 6) is -0.680. The molecule has 1 aromatic carbocycles. The van der Waals surface area contributed by atoms with Gasteiger partial charge in [0, 0.05) is 17.5 Å². The number of ether oxygens (including phenoxy) is 3. The molecule has 9 nitrogen and oxygen atoms in total. The van der Waals surface area contributed by atoms with Crippen molar-refractivity contribution in [2.45, 2.75) is 26.2 Å². The summed E-state index contributed by atoms with van der Waals surface area (Å²) in [7, 11) is 2.70. The van der Waals surface area contributed by atoms with Crippen LogP contribution in [-0.4, -0.2) is 43.6 Å². The molecule has 0 aliphatic carbocycles. The first-order chi connectivity index (χ1) is 12.5. The first-order valence-electron chi connectivity index (χ1n) is 7.91. The topological polar surface area (TPSA) is 124 Å². The molecule has 0 spiro atoms. The van der Waals surface area contributed by atoms with Crippen LogP contribution in [0.1, 0.15) is 30.4 Å². The molecule has 0 unspecified atom stereocenters. The van der Waals surface area contributed by atoms with Crippen LogP contribution in [0.25, 0.3) is 6.08 Å². The average molecular weight is 369 g/mol. The average Bonchev–Trinajstić information content (AvgIpc) is 2.63. The molecule has 0 aliphatic rings. The summed E-state index contributed by atoms with van der Waals surface area (Å²) in [5.41, 5.74) is 0.723. The highest BCUT2D eigenvalue weighted by Crippen LogP contribution is 2.48. The second kappa shape index (κ2) is 10.8. The molecule has 0 aromatic heterocycles. The first kappa shape index (κ1) is 21.1. The molecule has 9 heteroatoms. The molecule has 0 saturated heterocycles. The Bertz CT molecular complexity index is 657. The van der Waals surface area contributed by atoms with Gasteiger partial charge in [-0.1, -0.05) is 6.08 Å². The van der Waals surface area contributed by atoms with Crippen LogP contribution in [0, 0.1) is 11.8 Å². The Morgan fingerprint density at radius 3 is 2.38 bits per heavy atom. The Hall–Kier alpha value is -2.97. The van der Waals surface area contributed by atoms with Crippen molar-refractivity contribution in [2.24, 2.45) is 5.34 Å². The lowest BCUT2D eigenvalue weighted by Crippen LogP contribution is -2.04. The highest BCUT2D eigenvalue weighted by atomic mass is 16.7. The lowest BCUT2D eigenvalue weighted by atomic mass is 10.0. The summed E-state index contributed by atoms with van der Waals surface area (Å²) in [6, 6.07) is 0. The summed E-state index contributed by atoms with van der Waals surface area (Å²) >= 11 is 0. The Morgan fingerprint density at radius 2 is 1.77 bits per heavy atom. The van der Waals surface area contributed by atoms with Crippen molar-refractivity contribution in [3.05, 3.63) is 22.1 Å². The van der Waals surface area contributed by atoms with Crippen molar-refractivity contribution < 1.29 is 34.1 Å². The fraction of sp³-hybridized carbons (Fsp3) is 0.471. The molecule has 1 rings (SSSR count). The zero-order valence-corrected chi connectivity index (χ0v) is 15.0. The maximum absolute atomic E-state index is 11.6. The number of carbonyl (C=O) groups is 1. The van der Waals surface area contributed by atoms with Crippen molar-refractivity contribution in [3.8, 4) is 23.0 Å². The van der Waals surface area contributed by atoms with Gasteiger partial charge >= 0.3 is 5.97 Å². The highest BCUT2D eigenvalue weighted by Gasteiger charge is 2.21. The number of carbonyl (C=O) groups excluding carboxylic acids is 1. The number of unbranched alkanes of at least 4 members (excludes halogenated alkanes) is 1. The summed E-state index contributed by atoms with van der Waals surface area (Å²) < 4.78 is 15.1. The number of phenolic OH excluding ortho intramolecular Hbond substituents is 2. The van der Waals surface area contributed by atoms with Crippen molar-refractivity contribution in [3.63, 3.8) is 0 Å². The summed E-state index contributed by atoms with van der Waals surface area (Å²) in [6.45, 7) is 1.77. The Labute approximate surface area is 151 Å². The second-order valence-electron chi connectivity index (χ2n) is 5.25. The molecule has 144 valence electrons. The van der Waals surface area contributed by atoms with Crippen LogP contribution in [0.5, 0.6) is 23.0 Å². The van der Waals surface area contributed by atoms with Gasteiger partial charge in [-0.15, -0.1) is 4.91 Å². The third kappa shape index (κ3) is 5.54. The summed E-state index contributed by atoms with van der Waals surface area (Å²) in [6.07, 6.45) is 4.28. The van der Waals surface area contributed by atoms with Crippen LogP contribution in [-0.2, 0) is 14.4 Å². The molecule has 0 saturated carbocycles. The van der Waals surface area contributed by atoms with E-state index in [1.54, 1.807) is 6.92 Å². The third-order valence-corrected chi connectivity index (χ3v) is 3.60. The lowest BCUT2D eigenvalue weighted by Gasteiger charge is -2.16. The normalized spacial score (nSPS) is 10.6. The van der Waals surface area contributed by atoms with Crippen LogP contribution >= 0.6 is 0 Å². The van der Waals surface area contributed by atoms with Crippen molar-refractivity contribution in [2.75, 3.05) is 27.4 Å². The van der Waals surface area contributed by atoms with E-state index in [0.717, 1.165) is 0 Å². The number of nitrogens with zero attached hydrogens (tertiary/aromatic N) is 1. The van der Waals surface area contributed by atoms with E-state index < -0.39 is 5.97 Å². The van der Waals surface area contributed by atoms with Crippen LogP contribution in [0.3, 0.4) is 0 Å². The Kier molecular flexibility index (Phi) is 8.76. The monoisotopic (exact) mass is 369 g/mol. The molecule has 0 fully saturated rings. The Morgan fingerprint density at radius 1 is 1.12 bits per heavy atom. The van der Waals surface area contributed by atoms with Gasteiger partial charge < -0.3 is 29.3 Å². The first-order valence-corrected chi connectivity index (χ1v) is 7.91. The van der Waals surface area contributed by atoms with Crippen LogP contribution in [0.4, 0.5) is 0 Å². The van der Waals surface area contributed by atoms with E-state index in [1.165, 1.54) is 26.4 Å². The molecule has 0 bridgehead atoms. The number of hydrogen-bond donors (Lipinski definition) is 2. The predicted molar refractivity (Wildman–Crippen MR) is 93.2 cm³/mol. The van der Waals surface area contributed by atoms with E-state index >= 15 is 0 Å². The van der Waals surface area contributed by atoms with Gasteiger partial charge in [0.25, 0.3) is 0 Å². The smallest absolute Gasteiger partial charge is 0.306 e. The SMILES string of the molecule is COc1c(O)c(C)c(/C=C/COC(=O)CCCCON=O)c(O)c1OC. The Balaban J connectivity index is 2.65. The molecule has 0 atom stereocenters. The minimum Gasteiger partial charge on any atom is -0.504 e. The summed E-state index contributed by atoms with van der Waals surface area (Å²) in [4.78, 5) is 25.5. The quantitative estimate of drug-likeness (QED) is 0.201. The van der Waals surface area contributed by atoms with Crippen LogP contribution < -0.4 is 9.47 Å². The van der Waals surface area contributed by atoms with E-state index in [-0.39, 0.29) is 42.6 Å². The van der Waals surface area contributed by atoms with E-state index in [0.29, 0.717) is 24.0 Å². The van der Waals surface area contributed by atoms with Gasteiger partial charge in [0.05, 0.1) is 14.2 Å². The van der Waals surface area contributed by atoms with Gasteiger partial charge in [-0.05, 0) is 25.8 Å². The largest absolute Gasteiger partial charge is 0.504 e.